The van der Waals surface area contributed by atoms with E-state index in [1.54, 1.807) is 6.08 Å². The molecule has 48 valence electrons. The Morgan fingerprint density at radius 2 is 2.22 bits per heavy atom. The van der Waals surface area contributed by atoms with E-state index >= 15 is 0 Å². The van der Waals surface area contributed by atoms with Gasteiger partial charge in [-0.2, -0.15) is 5.11 Å². The predicted octanol–water partition coefficient (Wildman–Crippen LogP) is 1.31. The average molecular weight is 124 g/mol. The van der Waals surface area contributed by atoms with Crippen LogP contribution in [0.4, 0.5) is 0 Å². The third kappa shape index (κ3) is 1.45. The molecule has 0 bridgehead atoms. The lowest BCUT2D eigenvalue weighted by Gasteiger charge is -2.13. The molecule has 9 heavy (non-hydrogen) atoms. The minimum Gasteiger partial charge on any atom is -0.266 e. The van der Waals surface area contributed by atoms with Gasteiger partial charge in [-0.3, -0.25) is 4.79 Å². The Morgan fingerprint density at radius 3 is 2.56 bits per heavy atom. The second-order valence-corrected chi connectivity index (χ2v) is 2.53. The Kier molecular flexibility index (Phi) is 1.20. The molecule has 1 aliphatic heterocycles. The highest BCUT2D eigenvalue weighted by Gasteiger charge is 2.15. The van der Waals surface area contributed by atoms with Gasteiger partial charge in [0.15, 0.2) is 0 Å². The number of nitrogens with zero attached hydrogens (tertiary/aromatic N) is 2. The summed E-state index contributed by atoms with van der Waals surface area (Å²) in [6.45, 7) is 3.78. The van der Waals surface area contributed by atoms with Gasteiger partial charge in [-0.05, 0) is 13.8 Å². The average Bonchev–Trinajstić information content (AvgIpc) is 1.78. The van der Waals surface area contributed by atoms with E-state index in [0.29, 0.717) is 0 Å². The van der Waals surface area contributed by atoms with Crippen molar-refractivity contribution in [3.05, 3.63) is 12.2 Å². The second kappa shape index (κ2) is 1.76. The third-order valence-electron chi connectivity index (χ3n) is 1.04. The molecule has 0 spiro atoms. The molecule has 0 N–H and O–H groups in total. The lowest BCUT2D eigenvalue weighted by Crippen LogP contribution is -2.15. The van der Waals surface area contributed by atoms with Gasteiger partial charge in [-0.15, -0.1) is 5.11 Å². The minimum absolute atomic E-state index is 0.269. The largest absolute Gasteiger partial charge is 0.287 e. The van der Waals surface area contributed by atoms with Crippen molar-refractivity contribution in [1.29, 1.82) is 0 Å². The molecule has 1 aliphatic rings. The highest BCUT2D eigenvalue weighted by atomic mass is 16.1. The molecule has 0 aromatic rings. The summed E-state index contributed by atoms with van der Waals surface area (Å²) in [6.07, 6.45) is 3.18. The van der Waals surface area contributed by atoms with Crippen molar-refractivity contribution >= 4 is 5.91 Å². The van der Waals surface area contributed by atoms with E-state index < -0.39 is 0 Å². The number of hydrogen-bond donors (Lipinski definition) is 0. The van der Waals surface area contributed by atoms with Crippen LogP contribution in [-0.2, 0) is 4.79 Å². The van der Waals surface area contributed by atoms with E-state index in [1.165, 1.54) is 6.08 Å². The Balaban J connectivity index is 2.82. The van der Waals surface area contributed by atoms with E-state index in [1.807, 2.05) is 13.8 Å². The maximum Gasteiger partial charge on any atom is 0.287 e. The van der Waals surface area contributed by atoms with Gasteiger partial charge in [0.05, 0.1) is 5.54 Å². The summed E-state index contributed by atoms with van der Waals surface area (Å²) >= 11 is 0. The molecule has 0 fully saturated rings. The molecule has 0 aliphatic carbocycles. The standard InChI is InChI=1S/C6H8N2O/c1-6(2)4-3-5(9)7-8-6/h3-4H,1-2H3. The van der Waals surface area contributed by atoms with Crippen molar-refractivity contribution in [3.63, 3.8) is 0 Å². The smallest absolute Gasteiger partial charge is 0.266 e. The van der Waals surface area contributed by atoms with Gasteiger partial charge < -0.3 is 0 Å². The van der Waals surface area contributed by atoms with Crippen LogP contribution in [-0.4, -0.2) is 11.4 Å². The summed E-state index contributed by atoms with van der Waals surface area (Å²) < 4.78 is 0. The first-order valence-electron chi connectivity index (χ1n) is 2.76. The molecule has 0 unspecified atom stereocenters. The Labute approximate surface area is 53.5 Å². The van der Waals surface area contributed by atoms with E-state index in [2.05, 4.69) is 10.2 Å². The summed E-state index contributed by atoms with van der Waals surface area (Å²) in [5, 5.41) is 7.11. The highest BCUT2D eigenvalue weighted by Crippen LogP contribution is 2.14. The Morgan fingerprint density at radius 1 is 1.56 bits per heavy atom. The molecule has 0 aromatic carbocycles. The van der Waals surface area contributed by atoms with Gasteiger partial charge >= 0.3 is 0 Å². The molecule has 1 amide bonds. The van der Waals surface area contributed by atoms with Crippen LogP contribution < -0.4 is 0 Å². The van der Waals surface area contributed by atoms with Gasteiger partial charge in [0, 0.05) is 6.08 Å². The summed E-state index contributed by atoms with van der Waals surface area (Å²) in [4.78, 5) is 10.4. The van der Waals surface area contributed by atoms with Gasteiger partial charge in [0.2, 0.25) is 0 Å². The van der Waals surface area contributed by atoms with E-state index in [9.17, 15) is 4.79 Å². The van der Waals surface area contributed by atoms with E-state index in [0.717, 1.165) is 0 Å². The number of azo groups is 1. The number of amides is 1. The Hall–Kier alpha value is -0.990. The van der Waals surface area contributed by atoms with Gasteiger partial charge in [-0.1, -0.05) is 6.08 Å². The molecule has 3 heteroatoms. The summed E-state index contributed by atoms with van der Waals surface area (Å²) in [5.41, 5.74) is -0.284. The quantitative estimate of drug-likeness (QED) is 0.480. The topological polar surface area (TPSA) is 41.8 Å². The second-order valence-electron chi connectivity index (χ2n) is 2.53. The molecule has 1 rings (SSSR count). The first kappa shape index (κ1) is 6.13. The van der Waals surface area contributed by atoms with Crippen molar-refractivity contribution in [1.82, 2.24) is 0 Å². The fourth-order valence-electron chi connectivity index (χ4n) is 0.520. The molecule has 0 saturated heterocycles. The van der Waals surface area contributed by atoms with Crippen LogP contribution in [0.25, 0.3) is 0 Å². The molecule has 3 nitrogen and oxygen atoms in total. The third-order valence-corrected chi connectivity index (χ3v) is 1.04. The molecular weight excluding hydrogens is 116 g/mol. The lowest BCUT2D eigenvalue weighted by molar-refractivity contribution is -0.114. The molecule has 0 aromatic heterocycles. The van der Waals surface area contributed by atoms with Gasteiger partial charge in [0.25, 0.3) is 5.91 Å². The molecular formula is C6H8N2O. The fraction of sp³-hybridized carbons (Fsp3) is 0.500. The zero-order valence-corrected chi connectivity index (χ0v) is 5.46. The van der Waals surface area contributed by atoms with Crippen LogP contribution in [0.2, 0.25) is 0 Å². The number of carbonyl (C=O) groups excluding carboxylic acids is 1. The molecule has 0 radical (unpaired) electrons. The lowest BCUT2D eigenvalue weighted by atomic mass is 10.1. The number of rotatable bonds is 0. The fourth-order valence-corrected chi connectivity index (χ4v) is 0.520. The van der Waals surface area contributed by atoms with Crippen LogP contribution in [0.5, 0.6) is 0 Å². The zero-order chi connectivity index (χ0) is 6.91. The predicted molar refractivity (Wildman–Crippen MR) is 33.1 cm³/mol. The van der Waals surface area contributed by atoms with Crippen LogP contribution >= 0.6 is 0 Å². The maximum atomic E-state index is 10.4. The van der Waals surface area contributed by atoms with Crippen molar-refractivity contribution < 1.29 is 4.79 Å². The van der Waals surface area contributed by atoms with E-state index in [-0.39, 0.29) is 11.4 Å². The number of carbonyl (C=O) groups is 1. The van der Waals surface area contributed by atoms with Crippen LogP contribution in [0, 0.1) is 0 Å². The van der Waals surface area contributed by atoms with Crippen LogP contribution in [0.1, 0.15) is 13.8 Å². The maximum absolute atomic E-state index is 10.4. The minimum atomic E-state index is -0.284. The van der Waals surface area contributed by atoms with Crippen LogP contribution in [0.15, 0.2) is 22.4 Å². The van der Waals surface area contributed by atoms with Crippen LogP contribution in [0.3, 0.4) is 0 Å². The van der Waals surface area contributed by atoms with Crippen molar-refractivity contribution in [2.45, 2.75) is 19.4 Å². The van der Waals surface area contributed by atoms with Crippen molar-refractivity contribution in [3.8, 4) is 0 Å². The summed E-state index contributed by atoms with van der Waals surface area (Å²) in [7, 11) is 0. The normalized spacial score (nSPS) is 22.7. The SMILES string of the molecule is CC1(C)C=CC(=O)N=N1. The Bertz CT molecular complexity index is 173. The highest BCUT2D eigenvalue weighted by molar-refractivity contribution is 5.88. The molecule has 0 atom stereocenters. The number of hydrogen-bond acceptors (Lipinski definition) is 2. The molecule has 1 heterocycles. The summed E-state index contributed by atoms with van der Waals surface area (Å²) in [5.74, 6) is -0.269. The van der Waals surface area contributed by atoms with Gasteiger partial charge in [-0.25, -0.2) is 0 Å². The van der Waals surface area contributed by atoms with Crippen molar-refractivity contribution in [2.75, 3.05) is 0 Å². The van der Waals surface area contributed by atoms with Crippen molar-refractivity contribution in [2.24, 2.45) is 10.2 Å². The first-order chi connectivity index (χ1) is 4.10. The molecule has 0 saturated carbocycles. The monoisotopic (exact) mass is 124 g/mol. The zero-order valence-electron chi connectivity index (χ0n) is 5.46. The van der Waals surface area contributed by atoms with Gasteiger partial charge in [0.1, 0.15) is 0 Å². The summed E-state index contributed by atoms with van der Waals surface area (Å²) in [6, 6.07) is 0. The first-order valence-corrected chi connectivity index (χ1v) is 2.76. The van der Waals surface area contributed by atoms with E-state index in [4.69, 9.17) is 0 Å².